The number of hydrogen-bond acceptors (Lipinski definition) is 9. The number of benzene rings is 3. The first-order valence-corrected chi connectivity index (χ1v) is 17.3. The molecule has 0 aromatic heterocycles. The lowest BCUT2D eigenvalue weighted by Crippen LogP contribution is -2.40. The van der Waals surface area contributed by atoms with Gasteiger partial charge in [0.1, 0.15) is 6.54 Å². The third-order valence-corrected chi connectivity index (χ3v) is 10.1. The fraction of sp³-hybridized carbons (Fsp3) is 0.333. The number of anilines is 2. The number of morpholine rings is 1. The zero-order chi connectivity index (χ0) is 32.6. The van der Waals surface area contributed by atoms with Gasteiger partial charge in [0.05, 0.1) is 55.5 Å². The van der Waals surface area contributed by atoms with Crippen molar-refractivity contribution in [2.45, 2.75) is 11.3 Å². The maximum absolute atomic E-state index is 13.1. The summed E-state index contributed by atoms with van der Waals surface area (Å²) in [6, 6.07) is 17.1. The van der Waals surface area contributed by atoms with Gasteiger partial charge in [0.2, 0.25) is 26.0 Å². The summed E-state index contributed by atoms with van der Waals surface area (Å²) < 4.78 is 69.2. The third kappa shape index (κ3) is 8.51. The second-order valence-electron chi connectivity index (χ2n) is 10.1. The SMILES string of the molecule is COc1ccc(CCNC(=O)c2ccccc2NC(=O)CN(c2ccc(S(=O)(=O)N3CCOCC3)cc2)S(C)(=O)=O)cc1OC. The highest BCUT2D eigenvalue weighted by Crippen LogP contribution is 2.28. The molecule has 13 nitrogen and oxygen atoms in total. The fourth-order valence-electron chi connectivity index (χ4n) is 4.68. The molecule has 0 saturated carbocycles. The van der Waals surface area contributed by atoms with Crippen molar-refractivity contribution in [3.05, 3.63) is 77.9 Å². The van der Waals surface area contributed by atoms with Crippen LogP contribution in [0, 0.1) is 0 Å². The number of carbonyl (C=O) groups is 2. The van der Waals surface area contributed by atoms with Crippen molar-refractivity contribution in [2.24, 2.45) is 0 Å². The number of rotatable bonds is 13. The number of sulfonamides is 2. The van der Waals surface area contributed by atoms with Crippen LogP contribution in [0.2, 0.25) is 0 Å². The number of methoxy groups -OCH3 is 2. The van der Waals surface area contributed by atoms with Gasteiger partial charge in [0, 0.05) is 19.6 Å². The first-order chi connectivity index (χ1) is 21.4. The van der Waals surface area contributed by atoms with Crippen LogP contribution in [0.3, 0.4) is 0 Å². The molecule has 2 N–H and O–H groups in total. The number of amides is 2. The largest absolute Gasteiger partial charge is 0.493 e. The fourth-order valence-corrected chi connectivity index (χ4v) is 6.95. The Hall–Kier alpha value is -4.18. The van der Waals surface area contributed by atoms with E-state index in [0.29, 0.717) is 37.7 Å². The van der Waals surface area contributed by atoms with Gasteiger partial charge in [-0.15, -0.1) is 0 Å². The molecule has 4 rings (SSSR count). The average Bonchev–Trinajstić information content (AvgIpc) is 3.03. The summed E-state index contributed by atoms with van der Waals surface area (Å²) >= 11 is 0. The Morgan fingerprint density at radius 3 is 2.22 bits per heavy atom. The molecular formula is C30H36N4O9S2. The summed E-state index contributed by atoms with van der Waals surface area (Å²) in [6.07, 6.45) is 1.45. The smallest absolute Gasteiger partial charge is 0.253 e. The van der Waals surface area contributed by atoms with E-state index in [0.717, 1.165) is 16.1 Å². The van der Waals surface area contributed by atoms with Crippen LogP contribution < -0.4 is 24.4 Å². The molecule has 1 fully saturated rings. The first-order valence-electron chi connectivity index (χ1n) is 14.0. The number of hydrogen-bond donors (Lipinski definition) is 2. The number of carbonyl (C=O) groups excluding carboxylic acids is 2. The van der Waals surface area contributed by atoms with Crippen LogP contribution >= 0.6 is 0 Å². The molecule has 0 unspecified atom stereocenters. The van der Waals surface area contributed by atoms with Crippen molar-refractivity contribution in [3.8, 4) is 11.5 Å². The average molecular weight is 661 g/mol. The van der Waals surface area contributed by atoms with Gasteiger partial charge >= 0.3 is 0 Å². The summed E-state index contributed by atoms with van der Waals surface area (Å²) in [5, 5.41) is 5.46. The molecule has 0 bridgehead atoms. The van der Waals surface area contributed by atoms with Crippen LogP contribution in [0.15, 0.2) is 71.6 Å². The lowest BCUT2D eigenvalue weighted by atomic mass is 10.1. The Kier molecular flexibility index (Phi) is 11.0. The first kappa shape index (κ1) is 33.7. The molecule has 0 aliphatic carbocycles. The molecule has 0 radical (unpaired) electrons. The predicted molar refractivity (Wildman–Crippen MR) is 169 cm³/mol. The van der Waals surface area contributed by atoms with Gasteiger partial charge in [-0.3, -0.25) is 13.9 Å². The highest BCUT2D eigenvalue weighted by atomic mass is 32.2. The van der Waals surface area contributed by atoms with Crippen molar-refractivity contribution in [1.29, 1.82) is 0 Å². The van der Waals surface area contributed by atoms with E-state index in [-0.39, 0.29) is 34.9 Å². The van der Waals surface area contributed by atoms with Crippen molar-refractivity contribution in [2.75, 3.05) is 69.5 Å². The quantitative estimate of drug-likeness (QED) is 0.280. The van der Waals surface area contributed by atoms with Crippen LogP contribution in [-0.4, -0.2) is 92.8 Å². The molecule has 1 heterocycles. The Morgan fingerprint density at radius 1 is 0.911 bits per heavy atom. The van der Waals surface area contributed by atoms with E-state index in [2.05, 4.69) is 10.6 Å². The van der Waals surface area contributed by atoms with Crippen LogP contribution in [0.25, 0.3) is 0 Å². The van der Waals surface area contributed by atoms with E-state index in [9.17, 15) is 26.4 Å². The van der Waals surface area contributed by atoms with E-state index in [4.69, 9.17) is 14.2 Å². The second kappa shape index (κ2) is 14.7. The molecule has 1 aliphatic rings. The molecule has 1 aliphatic heterocycles. The van der Waals surface area contributed by atoms with Gasteiger partial charge in [-0.05, 0) is 60.5 Å². The van der Waals surface area contributed by atoms with Crippen molar-refractivity contribution < 1.29 is 40.6 Å². The van der Waals surface area contributed by atoms with Gasteiger partial charge in [0.15, 0.2) is 11.5 Å². The van der Waals surface area contributed by atoms with Crippen LogP contribution in [0.4, 0.5) is 11.4 Å². The highest BCUT2D eigenvalue weighted by molar-refractivity contribution is 7.92. The van der Waals surface area contributed by atoms with Gasteiger partial charge in [-0.1, -0.05) is 18.2 Å². The molecule has 15 heteroatoms. The Bertz CT molecular complexity index is 1720. The number of ether oxygens (including phenoxy) is 3. The minimum atomic E-state index is -3.95. The number of nitrogens with zero attached hydrogens (tertiary/aromatic N) is 2. The molecule has 242 valence electrons. The zero-order valence-corrected chi connectivity index (χ0v) is 26.8. The van der Waals surface area contributed by atoms with Gasteiger partial charge < -0.3 is 24.8 Å². The van der Waals surface area contributed by atoms with Crippen LogP contribution in [0.5, 0.6) is 11.5 Å². The minimum absolute atomic E-state index is 0.00267. The number of para-hydroxylation sites is 1. The second-order valence-corrected chi connectivity index (χ2v) is 13.9. The normalized spacial score (nSPS) is 13.9. The standard InChI is InChI=1S/C30H36N4O9S2/c1-41-27-13-8-22(20-28(27)42-2)14-15-31-30(36)25-6-4-5-7-26(25)32-29(35)21-34(44(3,37)38)23-9-11-24(12-10-23)45(39,40)33-16-18-43-19-17-33/h4-13,20H,14-19,21H2,1-3H3,(H,31,36)(H,32,35). The van der Waals surface area contributed by atoms with Gasteiger partial charge in [-0.25, -0.2) is 16.8 Å². The molecule has 0 atom stereocenters. The van der Waals surface area contributed by atoms with Crippen molar-refractivity contribution in [3.63, 3.8) is 0 Å². The summed E-state index contributed by atoms with van der Waals surface area (Å²) in [4.78, 5) is 26.1. The summed E-state index contributed by atoms with van der Waals surface area (Å²) in [6.45, 7) is 0.713. The third-order valence-electron chi connectivity index (χ3n) is 7.01. The van der Waals surface area contributed by atoms with Crippen LogP contribution in [0.1, 0.15) is 15.9 Å². The number of nitrogens with one attached hydrogen (secondary N) is 2. The molecular weight excluding hydrogens is 624 g/mol. The van der Waals surface area contributed by atoms with Gasteiger partial charge in [0.25, 0.3) is 5.91 Å². The minimum Gasteiger partial charge on any atom is -0.493 e. The summed E-state index contributed by atoms with van der Waals surface area (Å²) in [5.41, 5.74) is 1.42. The topological polar surface area (TPSA) is 161 Å². The summed E-state index contributed by atoms with van der Waals surface area (Å²) in [5.74, 6) is 0.0454. The van der Waals surface area contributed by atoms with Crippen molar-refractivity contribution >= 4 is 43.2 Å². The maximum atomic E-state index is 13.1. The Morgan fingerprint density at radius 2 is 1.58 bits per heavy atom. The molecule has 0 spiro atoms. The Labute approximate surface area is 263 Å². The molecule has 3 aromatic carbocycles. The van der Waals surface area contributed by atoms with E-state index in [1.165, 1.54) is 34.6 Å². The lowest BCUT2D eigenvalue weighted by Gasteiger charge is -2.26. The van der Waals surface area contributed by atoms with E-state index in [1.54, 1.807) is 38.5 Å². The molecule has 1 saturated heterocycles. The van der Waals surface area contributed by atoms with E-state index >= 15 is 0 Å². The van der Waals surface area contributed by atoms with Crippen LogP contribution in [-0.2, 0) is 36.0 Å². The van der Waals surface area contributed by atoms with Crippen molar-refractivity contribution in [1.82, 2.24) is 9.62 Å². The van der Waals surface area contributed by atoms with Gasteiger partial charge in [-0.2, -0.15) is 4.31 Å². The zero-order valence-electron chi connectivity index (χ0n) is 25.2. The van der Waals surface area contributed by atoms with E-state index in [1.807, 2.05) is 12.1 Å². The molecule has 3 aromatic rings. The molecule has 45 heavy (non-hydrogen) atoms. The lowest BCUT2D eigenvalue weighted by molar-refractivity contribution is -0.114. The summed E-state index contributed by atoms with van der Waals surface area (Å²) in [7, 11) is -4.65. The van der Waals surface area contributed by atoms with E-state index < -0.39 is 38.4 Å². The monoisotopic (exact) mass is 660 g/mol. The molecule has 2 amide bonds. The maximum Gasteiger partial charge on any atom is 0.253 e. The predicted octanol–water partition coefficient (Wildman–Crippen LogP) is 2.10. The Balaban J connectivity index is 1.42. The highest BCUT2D eigenvalue weighted by Gasteiger charge is 2.27.